The van der Waals surface area contributed by atoms with Crippen molar-refractivity contribution in [3.63, 3.8) is 0 Å². The lowest BCUT2D eigenvalue weighted by Gasteiger charge is -2.08. The Bertz CT molecular complexity index is 604. The predicted octanol–water partition coefficient (Wildman–Crippen LogP) is 3.94. The van der Waals surface area contributed by atoms with E-state index < -0.39 is 5.97 Å². The summed E-state index contributed by atoms with van der Waals surface area (Å²) in [6, 6.07) is 10.6. The van der Waals surface area contributed by atoms with Crippen molar-refractivity contribution in [1.29, 1.82) is 0 Å². The van der Waals surface area contributed by atoms with Crippen molar-refractivity contribution >= 4 is 45.0 Å². The zero-order chi connectivity index (χ0) is 13.1. The van der Waals surface area contributed by atoms with E-state index in [2.05, 4.69) is 26.2 Å². The number of anilines is 2. The van der Waals surface area contributed by atoms with Gasteiger partial charge in [0.15, 0.2) is 5.69 Å². The number of rotatable bonds is 3. The lowest BCUT2D eigenvalue weighted by atomic mass is 10.3. The summed E-state index contributed by atoms with van der Waals surface area (Å²) < 4.78 is 0.860. The Kier molecular flexibility index (Phi) is 3.84. The Morgan fingerprint density at radius 2 is 2.00 bits per heavy atom. The van der Waals surface area contributed by atoms with Gasteiger partial charge in [-0.05, 0) is 40.2 Å². The summed E-state index contributed by atoms with van der Waals surface area (Å²) in [7, 11) is 0. The van der Waals surface area contributed by atoms with Crippen LogP contribution in [0.3, 0.4) is 0 Å². The number of pyridine rings is 1. The Morgan fingerprint density at radius 3 is 2.67 bits per heavy atom. The Hall–Kier alpha value is -1.59. The van der Waals surface area contributed by atoms with Crippen LogP contribution in [0.1, 0.15) is 10.5 Å². The first-order valence-corrected chi connectivity index (χ1v) is 6.16. The Balaban J connectivity index is 2.33. The number of nitrogens with zero attached hydrogens (tertiary/aromatic N) is 1. The summed E-state index contributed by atoms with van der Waals surface area (Å²) in [4.78, 5) is 14.9. The molecule has 4 nitrogen and oxygen atoms in total. The van der Waals surface area contributed by atoms with Crippen molar-refractivity contribution in [2.45, 2.75) is 0 Å². The van der Waals surface area contributed by atoms with E-state index in [9.17, 15) is 4.79 Å². The third kappa shape index (κ3) is 2.80. The van der Waals surface area contributed by atoms with Gasteiger partial charge in [0.05, 0.1) is 10.7 Å². The van der Waals surface area contributed by atoms with Gasteiger partial charge in [-0.3, -0.25) is 0 Å². The van der Waals surface area contributed by atoms with Gasteiger partial charge in [-0.25, -0.2) is 9.78 Å². The molecule has 1 heterocycles. The van der Waals surface area contributed by atoms with Gasteiger partial charge in [0.25, 0.3) is 0 Å². The first-order valence-electron chi connectivity index (χ1n) is 4.99. The van der Waals surface area contributed by atoms with Crippen molar-refractivity contribution in [2.24, 2.45) is 0 Å². The lowest BCUT2D eigenvalue weighted by Crippen LogP contribution is -2.04. The van der Waals surface area contributed by atoms with Gasteiger partial charge in [0, 0.05) is 4.47 Å². The highest BCUT2D eigenvalue weighted by atomic mass is 79.9. The minimum Gasteiger partial charge on any atom is -0.476 e. The van der Waals surface area contributed by atoms with E-state index in [1.54, 1.807) is 6.07 Å². The third-order valence-corrected chi connectivity index (χ3v) is 3.18. The number of carboxylic acid groups (broad SMARTS) is 1. The number of hydrogen-bond acceptors (Lipinski definition) is 3. The molecular formula is C12H8BrClN2O2. The maximum absolute atomic E-state index is 10.9. The molecule has 0 aliphatic carbocycles. The van der Waals surface area contributed by atoms with E-state index in [1.807, 2.05) is 24.3 Å². The molecule has 0 unspecified atom stereocenters. The number of carboxylic acids is 1. The molecule has 18 heavy (non-hydrogen) atoms. The van der Waals surface area contributed by atoms with Crippen molar-refractivity contribution in [3.05, 3.63) is 51.6 Å². The molecule has 0 saturated heterocycles. The molecule has 0 saturated carbocycles. The molecular weight excluding hydrogens is 320 g/mol. The summed E-state index contributed by atoms with van der Waals surface area (Å²) >= 11 is 9.13. The smallest absolute Gasteiger partial charge is 0.356 e. The lowest BCUT2D eigenvalue weighted by molar-refractivity contribution is 0.0691. The maximum atomic E-state index is 10.9. The van der Waals surface area contributed by atoms with Crippen molar-refractivity contribution in [1.82, 2.24) is 4.98 Å². The second-order valence-electron chi connectivity index (χ2n) is 3.44. The molecule has 0 spiro atoms. The summed E-state index contributed by atoms with van der Waals surface area (Å²) in [6.07, 6.45) is 0. The van der Waals surface area contributed by atoms with Gasteiger partial charge in [0.1, 0.15) is 5.82 Å². The largest absolute Gasteiger partial charge is 0.476 e. The van der Waals surface area contributed by atoms with Crippen LogP contribution >= 0.6 is 27.5 Å². The standard InChI is InChI=1S/C12H8BrClN2O2/c13-7-3-1-2-4-9(7)15-10-6-5-8(14)11(16-10)12(17)18/h1-6H,(H,15,16)(H,17,18). The highest BCUT2D eigenvalue weighted by Gasteiger charge is 2.11. The summed E-state index contributed by atoms with van der Waals surface area (Å²) in [5.41, 5.74) is 0.623. The molecule has 2 aromatic rings. The number of halogens is 2. The number of carbonyl (C=O) groups is 1. The number of aromatic carboxylic acids is 1. The highest BCUT2D eigenvalue weighted by molar-refractivity contribution is 9.10. The zero-order valence-electron chi connectivity index (χ0n) is 9.02. The molecule has 0 atom stereocenters. The van der Waals surface area contributed by atoms with Gasteiger partial charge < -0.3 is 10.4 Å². The van der Waals surface area contributed by atoms with Crippen LogP contribution in [0.4, 0.5) is 11.5 Å². The van der Waals surface area contributed by atoms with Crippen LogP contribution < -0.4 is 5.32 Å². The first-order chi connectivity index (χ1) is 8.58. The molecule has 0 fully saturated rings. The molecule has 6 heteroatoms. The number of benzene rings is 1. The zero-order valence-corrected chi connectivity index (χ0v) is 11.4. The number of para-hydroxylation sites is 1. The molecule has 1 aromatic heterocycles. The van der Waals surface area contributed by atoms with Gasteiger partial charge >= 0.3 is 5.97 Å². The van der Waals surface area contributed by atoms with Gasteiger partial charge in [-0.2, -0.15) is 0 Å². The molecule has 0 bridgehead atoms. The average Bonchev–Trinajstić information content (AvgIpc) is 2.34. The molecule has 0 radical (unpaired) electrons. The van der Waals surface area contributed by atoms with E-state index in [0.717, 1.165) is 10.2 Å². The van der Waals surface area contributed by atoms with Crippen LogP contribution in [0.25, 0.3) is 0 Å². The van der Waals surface area contributed by atoms with E-state index in [4.69, 9.17) is 16.7 Å². The van der Waals surface area contributed by atoms with Crippen molar-refractivity contribution in [2.75, 3.05) is 5.32 Å². The predicted molar refractivity (Wildman–Crippen MR) is 73.6 cm³/mol. The minimum absolute atomic E-state index is 0.111. The summed E-state index contributed by atoms with van der Waals surface area (Å²) in [6.45, 7) is 0. The van der Waals surface area contributed by atoms with Gasteiger partial charge in [0.2, 0.25) is 0 Å². The van der Waals surface area contributed by atoms with Crippen LogP contribution in [0.2, 0.25) is 5.02 Å². The quantitative estimate of drug-likeness (QED) is 0.896. The number of hydrogen-bond donors (Lipinski definition) is 2. The fourth-order valence-electron chi connectivity index (χ4n) is 1.36. The fourth-order valence-corrected chi connectivity index (χ4v) is 1.93. The third-order valence-electron chi connectivity index (χ3n) is 2.19. The molecule has 2 N–H and O–H groups in total. The van der Waals surface area contributed by atoms with Crippen molar-refractivity contribution < 1.29 is 9.90 Å². The van der Waals surface area contributed by atoms with E-state index in [0.29, 0.717) is 5.82 Å². The Morgan fingerprint density at radius 1 is 1.28 bits per heavy atom. The van der Waals surface area contributed by atoms with Crippen LogP contribution in [-0.4, -0.2) is 16.1 Å². The molecule has 2 rings (SSSR count). The molecule has 0 aliphatic rings. The molecule has 1 aromatic carbocycles. The molecule has 0 amide bonds. The second kappa shape index (κ2) is 5.37. The number of nitrogens with one attached hydrogen (secondary N) is 1. The monoisotopic (exact) mass is 326 g/mol. The van der Waals surface area contributed by atoms with E-state index >= 15 is 0 Å². The Labute approximate surface area is 117 Å². The first kappa shape index (κ1) is 12.9. The van der Waals surface area contributed by atoms with Crippen LogP contribution in [-0.2, 0) is 0 Å². The number of aromatic nitrogens is 1. The second-order valence-corrected chi connectivity index (χ2v) is 4.70. The molecule has 92 valence electrons. The van der Waals surface area contributed by atoms with Crippen molar-refractivity contribution in [3.8, 4) is 0 Å². The van der Waals surface area contributed by atoms with Crippen LogP contribution in [0.5, 0.6) is 0 Å². The fraction of sp³-hybridized carbons (Fsp3) is 0. The van der Waals surface area contributed by atoms with E-state index in [-0.39, 0.29) is 10.7 Å². The highest BCUT2D eigenvalue weighted by Crippen LogP contribution is 2.25. The van der Waals surface area contributed by atoms with Crippen LogP contribution in [0, 0.1) is 0 Å². The minimum atomic E-state index is -1.16. The topological polar surface area (TPSA) is 62.2 Å². The molecule has 0 aliphatic heterocycles. The normalized spacial score (nSPS) is 10.1. The summed E-state index contributed by atoms with van der Waals surface area (Å²) in [5, 5.41) is 12.1. The van der Waals surface area contributed by atoms with E-state index in [1.165, 1.54) is 6.07 Å². The average molecular weight is 328 g/mol. The summed E-state index contributed by atoms with van der Waals surface area (Å²) in [5.74, 6) is -0.737. The van der Waals surface area contributed by atoms with Gasteiger partial charge in [-0.1, -0.05) is 23.7 Å². The SMILES string of the molecule is O=C(O)c1nc(Nc2ccccc2Br)ccc1Cl. The van der Waals surface area contributed by atoms with Gasteiger partial charge in [-0.15, -0.1) is 0 Å². The van der Waals surface area contributed by atoms with Crippen LogP contribution in [0.15, 0.2) is 40.9 Å². The maximum Gasteiger partial charge on any atom is 0.356 e.